The number of para-hydroxylation sites is 1. The highest BCUT2D eigenvalue weighted by atomic mass is 16.2. The van der Waals surface area contributed by atoms with Crippen LogP contribution in [0.25, 0.3) is 5.82 Å². The Kier molecular flexibility index (Phi) is 5.10. The fourth-order valence-corrected chi connectivity index (χ4v) is 3.72. The van der Waals surface area contributed by atoms with E-state index in [9.17, 15) is 4.79 Å². The summed E-state index contributed by atoms with van der Waals surface area (Å²) in [6.07, 6.45) is 3.43. The van der Waals surface area contributed by atoms with Crippen LogP contribution in [0.2, 0.25) is 0 Å². The highest BCUT2D eigenvalue weighted by Crippen LogP contribution is 2.24. The Bertz CT molecular complexity index is 928. The molecule has 0 unspecified atom stereocenters. The van der Waals surface area contributed by atoms with Gasteiger partial charge in [-0.15, -0.1) is 0 Å². The Morgan fingerprint density at radius 2 is 1.68 bits per heavy atom. The van der Waals surface area contributed by atoms with Gasteiger partial charge in [0.15, 0.2) is 5.82 Å². The van der Waals surface area contributed by atoms with Crippen molar-refractivity contribution < 1.29 is 4.79 Å². The van der Waals surface area contributed by atoms with Crippen LogP contribution >= 0.6 is 0 Å². The molecule has 1 aliphatic rings. The summed E-state index contributed by atoms with van der Waals surface area (Å²) in [6, 6.07) is 16.1. The summed E-state index contributed by atoms with van der Waals surface area (Å²) >= 11 is 0. The molecule has 1 aromatic carbocycles. The molecule has 0 radical (unpaired) electrons. The molecular formula is C22H25N5O. The average molecular weight is 375 g/mol. The fraction of sp³-hybridized carbons (Fsp3) is 0.318. The van der Waals surface area contributed by atoms with E-state index in [0.29, 0.717) is 18.7 Å². The molecule has 0 saturated carbocycles. The highest BCUT2D eigenvalue weighted by Gasteiger charge is 2.27. The van der Waals surface area contributed by atoms with E-state index in [2.05, 4.69) is 41.0 Å². The average Bonchev–Trinajstić information content (AvgIpc) is 3.20. The number of amides is 1. The molecule has 1 amide bonds. The zero-order valence-corrected chi connectivity index (χ0v) is 16.3. The van der Waals surface area contributed by atoms with Crippen molar-refractivity contribution in [2.45, 2.75) is 19.8 Å². The first kappa shape index (κ1) is 18.2. The van der Waals surface area contributed by atoms with Crippen LogP contribution < -0.4 is 4.90 Å². The molecule has 2 aromatic heterocycles. The topological polar surface area (TPSA) is 54.3 Å². The van der Waals surface area contributed by atoms with Crippen LogP contribution in [0.15, 0.2) is 60.9 Å². The van der Waals surface area contributed by atoms with Crippen molar-refractivity contribution in [2.24, 2.45) is 0 Å². The van der Waals surface area contributed by atoms with Crippen LogP contribution in [0.5, 0.6) is 0 Å². The lowest BCUT2D eigenvalue weighted by Gasteiger charge is -2.36. The minimum absolute atomic E-state index is 0.0543. The minimum atomic E-state index is 0.0543. The van der Waals surface area contributed by atoms with Crippen LogP contribution in [-0.4, -0.2) is 51.8 Å². The molecule has 1 aliphatic heterocycles. The van der Waals surface area contributed by atoms with E-state index in [1.165, 1.54) is 5.69 Å². The molecular weight excluding hydrogens is 350 g/mol. The van der Waals surface area contributed by atoms with E-state index in [4.69, 9.17) is 0 Å². The van der Waals surface area contributed by atoms with Crippen LogP contribution in [0, 0.1) is 0 Å². The molecule has 6 nitrogen and oxygen atoms in total. The van der Waals surface area contributed by atoms with E-state index >= 15 is 0 Å². The number of carbonyl (C=O) groups is 1. The quantitative estimate of drug-likeness (QED) is 0.702. The van der Waals surface area contributed by atoms with Gasteiger partial charge in [0.1, 0.15) is 0 Å². The van der Waals surface area contributed by atoms with Crippen molar-refractivity contribution in [3.63, 3.8) is 0 Å². The number of pyridine rings is 1. The van der Waals surface area contributed by atoms with Crippen LogP contribution in [0.1, 0.15) is 35.8 Å². The summed E-state index contributed by atoms with van der Waals surface area (Å²) in [5.74, 6) is 0.951. The monoisotopic (exact) mass is 375 g/mol. The van der Waals surface area contributed by atoms with Gasteiger partial charge >= 0.3 is 0 Å². The van der Waals surface area contributed by atoms with Crippen molar-refractivity contribution in [3.05, 3.63) is 72.2 Å². The Labute approximate surface area is 165 Å². The van der Waals surface area contributed by atoms with Crippen molar-refractivity contribution >= 4 is 11.6 Å². The second kappa shape index (κ2) is 7.84. The second-order valence-corrected chi connectivity index (χ2v) is 7.31. The largest absolute Gasteiger partial charge is 0.368 e. The molecule has 0 spiro atoms. The molecule has 144 valence electrons. The van der Waals surface area contributed by atoms with Crippen molar-refractivity contribution in [3.8, 4) is 5.82 Å². The van der Waals surface area contributed by atoms with E-state index in [0.717, 1.165) is 24.6 Å². The number of benzene rings is 1. The molecule has 0 N–H and O–H groups in total. The van der Waals surface area contributed by atoms with Crippen molar-refractivity contribution in [1.82, 2.24) is 19.7 Å². The lowest BCUT2D eigenvalue weighted by molar-refractivity contribution is 0.0745. The first-order chi connectivity index (χ1) is 13.6. The maximum absolute atomic E-state index is 13.2. The summed E-state index contributed by atoms with van der Waals surface area (Å²) in [7, 11) is 0. The summed E-state index contributed by atoms with van der Waals surface area (Å²) in [5.41, 5.74) is 2.79. The third-order valence-electron chi connectivity index (χ3n) is 5.14. The van der Waals surface area contributed by atoms with Crippen molar-refractivity contribution in [1.29, 1.82) is 0 Å². The Balaban J connectivity index is 1.54. The van der Waals surface area contributed by atoms with Gasteiger partial charge in [0, 0.05) is 38.1 Å². The van der Waals surface area contributed by atoms with Gasteiger partial charge in [-0.05, 0) is 30.2 Å². The number of piperazine rings is 1. The Morgan fingerprint density at radius 3 is 2.32 bits per heavy atom. The fourth-order valence-electron chi connectivity index (χ4n) is 3.72. The molecule has 0 aliphatic carbocycles. The summed E-state index contributed by atoms with van der Waals surface area (Å²) in [5, 5.41) is 4.48. The molecule has 1 fully saturated rings. The second-order valence-electron chi connectivity index (χ2n) is 7.31. The normalized spacial score (nSPS) is 14.5. The first-order valence-electron chi connectivity index (χ1n) is 9.73. The van der Waals surface area contributed by atoms with Gasteiger partial charge in [0.2, 0.25) is 0 Å². The number of hydrogen-bond donors (Lipinski definition) is 0. The lowest BCUT2D eigenvalue weighted by Crippen LogP contribution is -2.49. The number of rotatable bonds is 4. The number of nitrogens with zero attached hydrogens (tertiary/aromatic N) is 5. The zero-order valence-electron chi connectivity index (χ0n) is 16.3. The zero-order chi connectivity index (χ0) is 19.5. The lowest BCUT2D eigenvalue weighted by atomic mass is 10.0. The third-order valence-corrected chi connectivity index (χ3v) is 5.14. The molecule has 6 heteroatoms. The van der Waals surface area contributed by atoms with E-state index < -0.39 is 0 Å². The van der Waals surface area contributed by atoms with Gasteiger partial charge in [-0.25, -0.2) is 9.67 Å². The Hall–Kier alpha value is -3.15. The van der Waals surface area contributed by atoms with Gasteiger partial charge in [0.05, 0.1) is 17.5 Å². The minimum Gasteiger partial charge on any atom is -0.368 e. The van der Waals surface area contributed by atoms with Crippen molar-refractivity contribution in [2.75, 3.05) is 31.1 Å². The predicted molar refractivity (Wildman–Crippen MR) is 110 cm³/mol. The standard InChI is InChI=1S/C22H25N5O/c1-17(2)21-19(16-24-27(21)20-10-6-7-11-23-20)22(28)26-14-12-25(13-15-26)18-8-4-3-5-9-18/h3-11,16-17H,12-15H2,1-2H3. The smallest absolute Gasteiger partial charge is 0.257 e. The molecule has 28 heavy (non-hydrogen) atoms. The maximum Gasteiger partial charge on any atom is 0.257 e. The SMILES string of the molecule is CC(C)c1c(C(=O)N2CCN(c3ccccc3)CC2)cnn1-c1ccccn1. The highest BCUT2D eigenvalue weighted by molar-refractivity contribution is 5.95. The van der Waals surface area contributed by atoms with Gasteiger partial charge < -0.3 is 9.80 Å². The van der Waals surface area contributed by atoms with Crippen LogP contribution in [0.3, 0.4) is 0 Å². The third kappa shape index (κ3) is 3.50. The summed E-state index contributed by atoms with van der Waals surface area (Å²) in [6.45, 7) is 7.25. The number of hydrogen-bond acceptors (Lipinski definition) is 4. The van der Waals surface area contributed by atoms with E-state index in [1.807, 2.05) is 41.3 Å². The van der Waals surface area contributed by atoms with Gasteiger partial charge in [0.25, 0.3) is 5.91 Å². The molecule has 4 rings (SSSR count). The van der Waals surface area contributed by atoms with E-state index in [1.54, 1.807) is 17.1 Å². The number of aromatic nitrogens is 3. The molecule has 3 heterocycles. The van der Waals surface area contributed by atoms with Gasteiger partial charge in [-0.3, -0.25) is 4.79 Å². The summed E-state index contributed by atoms with van der Waals surface area (Å²) in [4.78, 5) is 21.9. The summed E-state index contributed by atoms with van der Waals surface area (Å²) < 4.78 is 1.79. The van der Waals surface area contributed by atoms with E-state index in [-0.39, 0.29) is 11.8 Å². The van der Waals surface area contributed by atoms with Crippen LogP contribution in [-0.2, 0) is 0 Å². The predicted octanol–water partition coefficient (Wildman–Crippen LogP) is 3.35. The number of carbonyl (C=O) groups excluding carboxylic acids is 1. The van der Waals surface area contributed by atoms with Gasteiger partial charge in [-0.1, -0.05) is 38.1 Å². The molecule has 0 atom stereocenters. The number of anilines is 1. The molecule has 0 bridgehead atoms. The maximum atomic E-state index is 13.2. The Morgan fingerprint density at radius 1 is 0.964 bits per heavy atom. The molecule has 1 saturated heterocycles. The van der Waals surface area contributed by atoms with Gasteiger partial charge in [-0.2, -0.15) is 5.10 Å². The first-order valence-corrected chi connectivity index (χ1v) is 9.73. The molecule has 3 aromatic rings. The van der Waals surface area contributed by atoms with Crippen LogP contribution in [0.4, 0.5) is 5.69 Å².